The highest BCUT2D eigenvalue weighted by molar-refractivity contribution is 7.09. The second-order valence-corrected chi connectivity index (χ2v) is 7.44. The summed E-state index contributed by atoms with van der Waals surface area (Å²) < 4.78 is 10.9. The molecule has 0 fully saturated rings. The quantitative estimate of drug-likeness (QED) is 0.716. The largest absolute Gasteiger partial charge is 0.493 e. The maximum atomic E-state index is 5.46. The molecule has 1 aromatic heterocycles. The van der Waals surface area contributed by atoms with Crippen molar-refractivity contribution in [3.8, 4) is 11.5 Å². The van der Waals surface area contributed by atoms with Crippen molar-refractivity contribution in [2.24, 2.45) is 0 Å². The standard InChI is InChI=1S/C20H27NO2S/c1-4-8-21(9-7-18-6-5-10-24-18)17-11-15-13-19(22-2)20(23-3)14-16(15)12-17/h5-6,10,13-14,17H,4,7-9,11-12H2,1-3H3. The van der Waals surface area contributed by atoms with E-state index in [1.54, 1.807) is 14.2 Å². The first-order valence-corrected chi connectivity index (χ1v) is 9.63. The monoisotopic (exact) mass is 345 g/mol. The molecule has 0 bridgehead atoms. The van der Waals surface area contributed by atoms with Crippen LogP contribution in [0.1, 0.15) is 29.3 Å². The summed E-state index contributed by atoms with van der Waals surface area (Å²) >= 11 is 1.86. The van der Waals surface area contributed by atoms with Gasteiger partial charge in [-0.3, -0.25) is 4.90 Å². The number of benzene rings is 1. The van der Waals surface area contributed by atoms with Crippen LogP contribution in [0.15, 0.2) is 29.6 Å². The van der Waals surface area contributed by atoms with Crippen LogP contribution in [0.25, 0.3) is 0 Å². The molecule has 3 nitrogen and oxygen atoms in total. The molecule has 1 aliphatic rings. The summed E-state index contributed by atoms with van der Waals surface area (Å²) in [4.78, 5) is 4.15. The molecular weight excluding hydrogens is 318 g/mol. The molecule has 1 heterocycles. The summed E-state index contributed by atoms with van der Waals surface area (Å²) in [5.74, 6) is 1.69. The third-order valence-electron chi connectivity index (χ3n) is 4.87. The van der Waals surface area contributed by atoms with Gasteiger partial charge in [0.2, 0.25) is 0 Å². The number of nitrogens with zero attached hydrogens (tertiary/aromatic N) is 1. The zero-order chi connectivity index (χ0) is 16.9. The maximum Gasteiger partial charge on any atom is 0.161 e. The van der Waals surface area contributed by atoms with Crippen LogP contribution >= 0.6 is 11.3 Å². The summed E-state index contributed by atoms with van der Waals surface area (Å²) in [5, 5.41) is 2.17. The predicted octanol–water partition coefficient (Wildman–Crippen LogP) is 4.19. The lowest BCUT2D eigenvalue weighted by molar-refractivity contribution is 0.204. The van der Waals surface area contributed by atoms with E-state index in [1.165, 1.54) is 22.4 Å². The molecule has 130 valence electrons. The first kappa shape index (κ1) is 17.3. The third-order valence-corrected chi connectivity index (χ3v) is 5.81. The van der Waals surface area contributed by atoms with E-state index in [1.807, 2.05) is 11.3 Å². The Kier molecular flexibility index (Phi) is 5.80. The summed E-state index contributed by atoms with van der Waals surface area (Å²) in [7, 11) is 3.42. The van der Waals surface area contributed by atoms with Gasteiger partial charge in [0.1, 0.15) is 0 Å². The number of methoxy groups -OCH3 is 2. The molecular formula is C20H27NO2S. The van der Waals surface area contributed by atoms with Crippen molar-refractivity contribution in [3.05, 3.63) is 45.6 Å². The van der Waals surface area contributed by atoms with E-state index in [0.717, 1.165) is 43.9 Å². The third kappa shape index (κ3) is 3.76. The summed E-state index contributed by atoms with van der Waals surface area (Å²) in [6.07, 6.45) is 4.57. The number of thiophene rings is 1. The Labute approximate surface area is 149 Å². The van der Waals surface area contributed by atoms with Gasteiger partial charge in [-0.25, -0.2) is 0 Å². The number of hydrogen-bond acceptors (Lipinski definition) is 4. The Bertz CT molecular complexity index is 621. The van der Waals surface area contributed by atoms with Crippen molar-refractivity contribution in [3.63, 3.8) is 0 Å². The van der Waals surface area contributed by atoms with Crippen LogP contribution in [-0.2, 0) is 19.3 Å². The SMILES string of the molecule is CCCN(CCc1cccs1)C1Cc2cc(OC)c(OC)cc2C1. The lowest BCUT2D eigenvalue weighted by Crippen LogP contribution is -2.38. The van der Waals surface area contributed by atoms with Crippen LogP contribution < -0.4 is 9.47 Å². The molecule has 0 saturated carbocycles. The fourth-order valence-corrected chi connectivity index (χ4v) is 4.35. The molecule has 3 rings (SSSR count). The van der Waals surface area contributed by atoms with E-state index in [2.05, 4.69) is 41.5 Å². The van der Waals surface area contributed by atoms with Gasteiger partial charge in [0, 0.05) is 17.5 Å². The van der Waals surface area contributed by atoms with E-state index in [-0.39, 0.29) is 0 Å². The lowest BCUT2D eigenvalue weighted by atomic mass is 10.1. The predicted molar refractivity (Wildman–Crippen MR) is 101 cm³/mol. The molecule has 0 radical (unpaired) electrons. The van der Waals surface area contributed by atoms with Gasteiger partial charge in [0.25, 0.3) is 0 Å². The van der Waals surface area contributed by atoms with E-state index in [4.69, 9.17) is 9.47 Å². The fraction of sp³-hybridized carbons (Fsp3) is 0.500. The summed E-state index contributed by atoms with van der Waals surface area (Å²) in [6, 6.07) is 9.31. The summed E-state index contributed by atoms with van der Waals surface area (Å²) in [6.45, 7) is 4.58. The topological polar surface area (TPSA) is 21.7 Å². The number of rotatable bonds is 8. The molecule has 0 spiro atoms. The first-order chi connectivity index (χ1) is 11.7. The van der Waals surface area contributed by atoms with E-state index >= 15 is 0 Å². The minimum Gasteiger partial charge on any atom is -0.493 e. The minimum absolute atomic E-state index is 0.594. The highest BCUT2D eigenvalue weighted by atomic mass is 32.1. The Morgan fingerprint density at radius 2 is 1.75 bits per heavy atom. The lowest BCUT2D eigenvalue weighted by Gasteiger charge is -2.28. The molecule has 1 aromatic carbocycles. The Morgan fingerprint density at radius 3 is 2.25 bits per heavy atom. The van der Waals surface area contributed by atoms with Crippen LogP contribution in [0, 0.1) is 0 Å². The van der Waals surface area contributed by atoms with Crippen LogP contribution in [-0.4, -0.2) is 38.3 Å². The van der Waals surface area contributed by atoms with Gasteiger partial charge in [-0.2, -0.15) is 0 Å². The zero-order valence-electron chi connectivity index (χ0n) is 14.9. The van der Waals surface area contributed by atoms with Gasteiger partial charge in [-0.05, 0) is 66.9 Å². The average molecular weight is 346 g/mol. The second kappa shape index (κ2) is 8.04. The van der Waals surface area contributed by atoms with E-state index in [0.29, 0.717) is 6.04 Å². The van der Waals surface area contributed by atoms with E-state index in [9.17, 15) is 0 Å². The van der Waals surface area contributed by atoms with Crippen molar-refractivity contribution in [1.82, 2.24) is 4.90 Å². The summed E-state index contributed by atoms with van der Waals surface area (Å²) in [5.41, 5.74) is 2.82. The van der Waals surface area contributed by atoms with Crippen molar-refractivity contribution >= 4 is 11.3 Å². The van der Waals surface area contributed by atoms with Gasteiger partial charge in [-0.1, -0.05) is 13.0 Å². The van der Waals surface area contributed by atoms with Gasteiger partial charge < -0.3 is 9.47 Å². The van der Waals surface area contributed by atoms with Crippen LogP contribution in [0.4, 0.5) is 0 Å². The molecule has 0 atom stereocenters. The molecule has 0 saturated heterocycles. The number of fused-ring (bicyclic) bond motifs is 1. The Balaban J connectivity index is 1.71. The van der Waals surface area contributed by atoms with Crippen LogP contribution in [0.3, 0.4) is 0 Å². The van der Waals surface area contributed by atoms with Gasteiger partial charge in [0.15, 0.2) is 11.5 Å². The van der Waals surface area contributed by atoms with Gasteiger partial charge in [-0.15, -0.1) is 11.3 Å². The van der Waals surface area contributed by atoms with Crippen LogP contribution in [0.5, 0.6) is 11.5 Å². The fourth-order valence-electron chi connectivity index (χ4n) is 3.65. The Morgan fingerprint density at radius 1 is 1.08 bits per heavy atom. The molecule has 2 aromatic rings. The Hall–Kier alpha value is -1.52. The molecule has 0 amide bonds. The molecule has 1 aliphatic carbocycles. The average Bonchev–Trinajstić information content (AvgIpc) is 3.26. The van der Waals surface area contributed by atoms with Crippen molar-refractivity contribution < 1.29 is 9.47 Å². The first-order valence-electron chi connectivity index (χ1n) is 8.75. The smallest absolute Gasteiger partial charge is 0.161 e. The molecule has 24 heavy (non-hydrogen) atoms. The number of ether oxygens (including phenoxy) is 2. The van der Waals surface area contributed by atoms with Crippen molar-refractivity contribution in [1.29, 1.82) is 0 Å². The maximum absolute atomic E-state index is 5.46. The number of hydrogen-bond donors (Lipinski definition) is 0. The normalized spacial score (nSPS) is 14.2. The van der Waals surface area contributed by atoms with Gasteiger partial charge in [0.05, 0.1) is 14.2 Å². The van der Waals surface area contributed by atoms with Crippen LogP contribution in [0.2, 0.25) is 0 Å². The minimum atomic E-state index is 0.594. The van der Waals surface area contributed by atoms with E-state index < -0.39 is 0 Å². The van der Waals surface area contributed by atoms with Gasteiger partial charge >= 0.3 is 0 Å². The molecule has 0 aliphatic heterocycles. The zero-order valence-corrected chi connectivity index (χ0v) is 15.7. The highest BCUT2D eigenvalue weighted by Crippen LogP contribution is 2.36. The van der Waals surface area contributed by atoms with Crippen molar-refractivity contribution in [2.75, 3.05) is 27.3 Å². The second-order valence-electron chi connectivity index (χ2n) is 6.40. The highest BCUT2D eigenvalue weighted by Gasteiger charge is 2.28. The molecule has 4 heteroatoms. The molecule has 0 unspecified atom stereocenters. The molecule has 0 N–H and O–H groups in total. The van der Waals surface area contributed by atoms with Crippen molar-refractivity contribution in [2.45, 2.75) is 38.6 Å².